The second-order valence-electron chi connectivity index (χ2n) is 6.20. The molecule has 29 heavy (non-hydrogen) atoms. The molecule has 0 fully saturated rings. The van der Waals surface area contributed by atoms with Crippen molar-refractivity contribution in [1.82, 2.24) is 9.97 Å². The Morgan fingerprint density at radius 3 is 2.45 bits per heavy atom. The molecule has 0 aliphatic heterocycles. The van der Waals surface area contributed by atoms with Gasteiger partial charge in [0.2, 0.25) is 5.88 Å². The van der Waals surface area contributed by atoms with E-state index in [4.69, 9.17) is 4.74 Å². The summed E-state index contributed by atoms with van der Waals surface area (Å²) in [5.74, 6) is 0.232. The van der Waals surface area contributed by atoms with Gasteiger partial charge >= 0.3 is 0 Å². The number of ether oxygens (including phenoxy) is 1. The zero-order valence-electron chi connectivity index (χ0n) is 15.2. The van der Waals surface area contributed by atoms with Crippen molar-refractivity contribution in [2.45, 2.75) is 0 Å². The summed E-state index contributed by atoms with van der Waals surface area (Å²) in [5, 5.41) is 2.83. The van der Waals surface area contributed by atoms with Crippen molar-refractivity contribution in [3.8, 4) is 22.9 Å². The highest BCUT2D eigenvalue weighted by atomic mass is 19.1. The highest BCUT2D eigenvalue weighted by Crippen LogP contribution is 2.25. The van der Waals surface area contributed by atoms with Gasteiger partial charge in [-0.15, -0.1) is 0 Å². The van der Waals surface area contributed by atoms with Crippen LogP contribution in [0, 0.1) is 5.82 Å². The molecular weight excluding hydrogens is 369 g/mol. The van der Waals surface area contributed by atoms with Crippen LogP contribution in [0.3, 0.4) is 0 Å². The fourth-order valence-corrected chi connectivity index (χ4v) is 2.72. The van der Waals surface area contributed by atoms with E-state index in [1.807, 2.05) is 30.3 Å². The summed E-state index contributed by atoms with van der Waals surface area (Å²) in [6, 6.07) is 23.7. The van der Waals surface area contributed by atoms with E-state index in [2.05, 4.69) is 15.3 Å². The van der Waals surface area contributed by atoms with Crippen molar-refractivity contribution in [3.63, 3.8) is 0 Å². The maximum absolute atomic E-state index is 13.1. The van der Waals surface area contributed by atoms with Crippen LogP contribution in [0.25, 0.3) is 11.3 Å². The smallest absolute Gasteiger partial charge is 0.255 e. The zero-order valence-corrected chi connectivity index (χ0v) is 15.2. The van der Waals surface area contributed by atoms with Crippen LogP contribution in [0.5, 0.6) is 11.6 Å². The fourth-order valence-electron chi connectivity index (χ4n) is 2.72. The second-order valence-corrected chi connectivity index (χ2v) is 6.20. The van der Waals surface area contributed by atoms with E-state index < -0.39 is 0 Å². The number of nitrogens with one attached hydrogen (secondary N) is 1. The maximum Gasteiger partial charge on any atom is 0.255 e. The molecule has 0 spiro atoms. The minimum atomic E-state index is -0.315. The molecule has 1 heterocycles. The van der Waals surface area contributed by atoms with Crippen LogP contribution in [0.1, 0.15) is 10.4 Å². The summed E-state index contributed by atoms with van der Waals surface area (Å²) >= 11 is 0. The summed E-state index contributed by atoms with van der Waals surface area (Å²) in [6.07, 6.45) is 1.37. The molecule has 0 aliphatic carbocycles. The predicted octanol–water partition coefficient (Wildman–Crippen LogP) is 5.33. The molecule has 0 bridgehead atoms. The quantitative estimate of drug-likeness (QED) is 0.504. The third-order valence-electron chi connectivity index (χ3n) is 4.13. The molecule has 6 heteroatoms. The lowest BCUT2D eigenvalue weighted by atomic mass is 10.1. The number of nitrogens with zero attached hydrogens (tertiary/aromatic N) is 2. The van der Waals surface area contributed by atoms with Crippen molar-refractivity contribution in [2.75, 3.05) is 5.32 Å². The molecular formula is C23H16FN3O2. The van der Waals surface area contributed by atoms with Crippen LogP contribution in [0.2, 0.25) is 0 Å². The lowest BCUT2D eigenvalue weighted by Crippen LogP contribution is -2.11. The molecule has 5 nitrogen and oxygen atoms in total. The highest BCUT2D eigenvalue weighted by molar-refractivity contribution is 6.04. The largest absolute Gasteiger partial charge is 0.439 e. The Labute approximate surface area is 166 Å². The molecule has 142 valence electrons. The Balaban J connectivity index is 1.51. The van der Waals surface area contributed by atoms with E-state index in [1.54, 1.807) is 42.5 Å². The topological polar surface area (TPSA) is 64.1 Å². The number of halogens is 1. The van der Waals surface area contributed by atoms with Crippen LogP contribution in [-0.2, 0) is 0 Å². The first-order valence-corrected chi connectivity index (χ1v) is 8.90. The molecule has 0 saturated heterocycles. The second kappa shape index (κ2) is 8.31. The first kappa shape index (κ1) is 18.3. The van der Waals surface area contributed by atoms with Crippen molar-refractivity contribution in [3.05, 3.63) is 103 Å². The molecule has 0 unspecified atom stereocenters. The van der Waals surface area contributed by atoms with Gasteiger partial charge in [0.05, 0.1) is 5.69 Å². The zero-order chi connectivity index (χ0) is 20.1. The first-order valence-electron chi connectivity index (χ1n) is 8.90. The van der Waals surface area contributed by atoms with Crippen LogP contribution in [-0.4, -0.2) is 15.9 Å². The van der Waals surface area contributed by atoms with Gasteiger partial charge in [-0.05, 0) is 54.6 Å². The third kappa shape index (κ3) is 4.62. The number of rotatable bonds is 5. The van der Waals surface area contributed by atoms with Crippen LogP contribution < -0.4 is 10.1 Å². The predicted molar refractivity (Wildman–Crippen MR) is 108 cm³/mol. The van der Waals surface area contributed by atoms with E-state index in [1.165, 1.54) is 18.5 Å². The molecule has 1 N–H and O–H groups in total. The summed E-state index contributed by atoms with van der Waals surface area (Å²) < 4.78 is 18.9. The Morgan fingerprint density at radius 2 is 1.66 bits per heavy atom. The maximum atomic E-state index is 13.1. The minimum Gasteiger partial charge on any atom is -0.439 e. The van der Waals surface area contributed by atoms with E-state index in [0.29, 0.717) is 28.6 Å². The van der Waals surface area contributed by atoms with Gasteiger partial charge in [0, 0.05) is 22.9 Å². The van der Waals surface area contributed by atoms with E-state index in [-0.39, 0.29) is 11.7 Å². The van der Waals surface area contributed by atoms with Gasteiger partial charge < -0.3 is 10.1 Å². The van der Waals surface area contributed by atoms with Gasteiger partial charge in [-0.25, -0.2) is 14.4 Å². The van der Waals surface area contributed by atoms with Gasteiger partial charge in [-0.1, -0.05) is 24.3 Å². The molecule has 0 radical (unpaired) electrons. The lowest BCUT2D eigenvalue weighted by Gasteiger charge is -2.09. The minimum absolute atomic E-state index is 0.240. The normalized spacial score (nSPS) is 10.4. The number of carbonyl (C=O) groups excluding carboxylic acids is 1. The number of aromatic nitrogens is 2. The van der Waals surface area contributed by atoms with Crippen molar-refractivity contribution in [2.24, 2.45) is 0 Å². The molecule has 4 aromatic rings. The fraction of sp³-hybridized carbons (Fsp3) is 0. The van der Waals surface area contributed by atoms with Gasteiger partial charge in [0.25, 0.3) is 5.91 Å². The van der Waals surface area contributed by atoms with Crippen LogP contribution >= 0.6 is 0 Å². The highest BCUT2D eigenvalue weighted by Gasteiger charge is 2.09. The van der Waals surface area contributed by atoms with Crippen LogP contribution in [0.4, 0.5) is 10.1 Å². The average molecular weight is 385 g/mol. The van der Waals surface area contributed by atoms with Gasteiger partial charge in [0.1, 0.15) is 17.9 Å². The van der Waals surface area contributed by atoms with Gasteiger partial charge in [-0.3, -0.25) is 4.79 Å². The molecule has 1 amide bonds. The molecule has 3 aromatic carbocycles. The number of para-hydroxylation sites is 1. The summed E-state index contributed by atoms with van der Waals surface area (Å²) in [7, 11) is 0. The van der Waals surface area contributed by atoms with Crippen molar-refractivity contribution < 1.29 is 13.9 Å². The van der Waals surface area contributed by atoms with E-state index in [9.17, 15) is 9.18 Å². The summed E-state index contributed by atoms with van der Waals surface area (Å²) in [5.41, 5.74) is 2.52. The monoisotopic (exact) mass is 385 g/mol. The standard InChI is InChI=1S/C23H16FN3O2/c24-18-11-9-16(10-12-18)21-14-22(26-15-25-21)29-20-8-4-5-17(13-20)23(28)27-19-6-2-1-3-7-19/h1-15H,(H,27,28). The van der Waals surface area contributed by atoms with Gasteiger partial charge in [0.15, 0.2) is 0 Å². The van der Waals surface area contributed by atoms with Crippen molar-refractivity contribution in [1.29, 1.82) is 0 Å². The Hall–Kier alpha value is -4.06. The number of amides is 1. The molecule has 1 aromatic heterocycles. The number of benzene rings is 3. The van der Waals surface area contributed by atoms with Crippen LogP contribution in [0.15, 0.2) is 91.3 Å². The lowest BCUT2D eigenvalue weighted by molar-refractivity contribution is 0.102. The number of hydrogen-bond donors (Lipinski definition) is 1. The Bertz CT molecular complexity index is 1130. The van der Waals surface area contributed by atoms with E-state index >= 15 is 0 Å². The average Bonchev–Trinajstić information content (AvgIpc) is 2.75. The Kier molecular flexibility index (Phi) is 5.25. The van der Waals surface area contributed by atoms with Crippen molar-refractivity contribution >= 4 is 11.6 Å². The van der Waals surface area contributed by atoms with E-state index in [0.717, 1.165) is 5.56 Å². The third-order valence-corrected chi connectivity index (χ3v) is 4.13. The Morgan fingerprint density at radius 1 is 0.862 bits per heavy atom. The summed E-state index contributed by atoms with van der Waals surface area (Å²) in [6.45, 7) is 0. The molecule has 0 saturated carbocycles. The number of carbonyl (C=O) groups is 1. The summed E-state index contributed by atoms with van der Waals surface area (Å²) in [4.78, 5) is 20.8. The number of hydrogen-bond acceptors (Lipinski definition) is 4. The number of anilines is 1. The SMILES string of the molecule is O=C(Nc1ccccc1)c1cccc(Oc2cc(-c3ccc(F)cc3)ncn2)c1. The molecule has 0 atom stereocenters. The van der Waals surface area contributed by atoms with Gasteiger partial charge in [-0.2, -0.15) is 0 Å². The first-order chi connectivity index (χ1) is 14.2. The molecule has 0 aliphatic rings. The molecule has 4 rings (SSSR count).